The summed E-state index contributed by atoms with van der Waals surface area (Å²) in [6.07, 6.45) is 5.42. The molecule has 0 fully saturated rings. The Kier molecular flexibility index (Phi) is 12.4. The number of carbonyl (C=O) groups excluding carboxylic acids is 4. The van der Waals surface area contributed by atoms with Crippen LogP contribution in [0.2, 0.25) is 0 Å². The molecule has 9 nitrogen and oxygen atoms in total. The second-order valence-corrected chi connectivity index (χ2v) is 10.0. The number of allylic oxidation sites excluding steroid dienone is 2. The van der Waals surface area contributed by atoms with E-state index >= 15 is 0 Å². The predicted molar refractivity (Wildman–Crippen MR) is 149 cm³/mol. The minimum atomic E-state index is -1.25. The van der Waals surface area contributed by atoms with Crippen LogP contribution in [0.1, 0.15) is 43.7 Å². The van der Waals surface area contributed by atoms with Crippen LogP contribution < -0.4 is 10.6 Å². The van der Waals surface area contributed by atoms with Crippen molar-refractivity contribution < 1.29 is 33.8 Å². The SMILES string of the molecule is C[C@@H](CO)NC(=O)C[C@H]1CC=CCC[C@H](Cc2ccccc2)C(=O)OC[C@H](C(=O)OCc2ccccc2)NC1=O. The predicted octanol–water partition coefficient (Wildman–Crippen LogP) is 2.86. The Balaban J connectivity index is 1.77. The van der Waals surface area contributed by atoms with Gasteiger partial charge in [-0.1, -0.05) is 72.8 Å². The molecule has 0 saturated carbocycles. The zero-order valence-electron chi connectivity index (χ0n) is 22.8. The van der Waals surface area contributed by atoms with Gasteiger partial charge in [-0.2, -0.15) is 0 Å². The Morgan fingerprint density at radius 1 is 1.02 bits per heavy atom. The molecule has 3 rings (SSSR count). The van der Waals surface area contributed by atoms with Crippen molar-refractivity contribution in [1.29, 1.82) is 0 Å². The van der Waals surface area contributed by atoms with Crippen molar-refractivity contribution in [2.45, 2.75) is 57.7 Å². The van der Waals surface area contributed by atoms with E-state index in [1.54, 1.807) is 19.1 Å². The van der Waals surface area contributed by atoms with Crippen molar-refractivity contribution in [2.75, 3.05) is 13.2 Å². The van der Waals surface area contributed by atoms with Gasteiger partial charge in [0.2, 0.25) is 11.8 Å². The first-order chi connectivity index (χ1) is 19.4. The smallest absolute Gasteiger partial charge is 0.332 e. The van der Waals surface area contributed by atoms with Crippen molar-refractivity contribution in [2.24, 2.45) is 11.8 Å². The lowest BCUT2D eigenvalue weighted by Crippen LogP contribution is -2.48. The molecule has 0 spiro atoms. The Bertz CT molecular complexity index is 1140. The molecule has 214 valence electrons. The number of benzene rings is 2. The molecule has 0 saturated heterocycles. The number of cyclic esters (lactones) is 1. The van der Waals surface area contributed by atoms with E-state index in [9.17, 15) is 24.3 Å². The third-order valence-electron chi connectivity index (χ3n) is 6.63. The summed E-state index contributed by atoms with van der Waals surface area (Å²) in [6.45, 7) is 1.02. The minimum absolute atomic E-state index is 0.00968. The highest BCUT2D eigenvalue weighted by Gasteiger charge is 2.30. The first-order valence-electron chi connectivity index (χ1n) is 13.6. The highest BCUT2D eigenvalue weighted by atomic mass is 16.6. The van der Waals surface area contributed by atoms with E-state index in [4.69, 9.17) is 9.47 Å². The number of aliphatic hydroxyl groups is 1. The maximum absolute atomic E-state index is 13.3. The van der Waals surface area contributed by atoms with Gasteiger partial charge in [-0.15, -0.1) is 0 Å². The Morgan fingerprint density at radius 2 is 1.70 bits per heavy atom. The number of carbonyl (C=O) groups is 4. The van der Waals surface area contributed by atoms with Crippen molar-refractivity contribution in [3.05, 3.63) is 83.9 Å². The average Bonchev–Trinajstić information content (AvgIpc) is 2.97. The second kappa shape index (κ2) is 16.2. The van der Waals surface area contributed by atoms with E-state index < -0.39 is 54.3 Å². The van der Waals surface area contributed by atoms with Crippen LogP contribution in [0.25, 0.3) is 0 Å². The summed E-state index contributed by atoms with van der Waals surface area (Å²) in [5, 5.41) is 14.5. The number of aliphatic hydroxyl groups excluding tert-OH is 1. The van der Waals surface area contributed by atoms with Gasteiger partial charge in [-0.3, -0.25) is 14.4 Å². The van der Waals surface area contributed by atoms with Crippen LogP contribution in [0.15, 0.2) is 72.8 Å². The largest absolute Gasteiger partial charge is 0.463 e. The molecule has 4 atom stereocenters. The third kappa shape index (κ3) is 10.3. The van der Waals surface area contributed by atoms with Gasteiger partial charge in [0.05, 0.1) is 18.4 Å². The van der Waals surface area contributed by atoms with Gasteiger partial charge in [-0.05, 0) is 43.7 Å². The summed E-state index contributed by atoms with van der Waals surface area (Å²) < 4.78 is 11.0. The summed E-state index contributed by atoms with van der Waals surface area (Å²) in [5.41, 5.74) is 1.76. The molecule has 9 heteroatoms. The monoisotopic (exact) mass is 550 g/mol. The van der Waals surface area contributed by atoms with Crippen molar-refractivity contribution in [3.8, 4) is 0 Å². The van der Waals surface area contributed by atoms with Gasteiger partial charge in [0, 0.05) is 12.5 Å². The summed E-state index contributed by atoms with van der Waals surface area (Å²) in [4.78, 5) is 51.9. The lowest BCUT2D eigenvalue weighted by Gasteiger charge is -2.22. The van der Waals surface area contributed by atoms with Crippen LogP contribution in [0.3, 0.4) is 0 Å². The summed E-state index contributed by atoms with van der Waals surface area (Å²) in [5.74, 6) is -3.34. The number of amides is 2. The van der Waals surface area contributed by atoms with E-state index in [1.165, 1.54) is 0 Å². The fraction of sp³-hybridized carbons (Fsp3) is 0.419. The molecular formula is C31H38N2O7. The lowest BCUT2D eigenvalue weighted by molar-refractivity contribution is -0.157. The van der Waals surface area contributed by atoms with Gasteiger partial charge in [0.25, 0.3) is 0 Å². The Morgan fingerprint density at radius 3 is 2.38 bits per heavy atom. The van der Waals surface area contributed by atoms with Crippen molar-refractivity contribution in [1.82, 2.24) is 10.6 Å². The molecule has 3 N–H and O–H groups in total. The normalized spacial score (nSPS) is 21.0. The van der Waals surface area contributed by atoms with E-state index in [-0.39, 0.29) is 26.1 Å². The fourth-order valence-electron chi connectivity index (χ4n) is 4.33. The molecule has 0 aromatic heterocycles. The molecule has 2 aromatic carbocycles. The molecule has 0 aliphatic carbocycles. The molecule has 1 aliphatic heterocycles. The zero-order chi connectivity index (χ0) is 28.7. The van der Waals surface area contributed by atoms with Crippen LogP contribution in [-0.2, 0) is 41.7 Å². The maximum Gasteiger partial charge on any atom is 0.332 e. The number of hydrogen-bond acceptors (Lipinski definition) is 7. The highest BCUT2D eigenvalue weighted by Crippen LogP contribution is 2.19. The molecule has 1 heterocycles. The van der Waals surface area contributed by atoms with Crippen LogP contribution in [0.4, 0.5) is 0 Å². The number of rotatable bonds is 9. The first-order valence-corrected chi connectivity index (χ1v) is 13.6. The summed E-state index contributed by atoms with van der Waals surface area (Å²) in [6, 6.07) is 17.0. The molecular weight excluding hydrogens is 512 g/mol. The molecule has 0 unspecified atom stereocenters. The number of nitrogens with one attached hydrogen (secondary N) is 2. The van der Waals surface area contributed by atoms with Gasteiger partial charge in [0.15, 0.2) is 6.04 Å². The van der Waals surface area contributed by atoms with Crippen LogP contribution in [-0.4, -0.2) is 54.2 Å². The van der Waals surface area contributed by atoms with Gasteiger partial charge >= 0.3 is 11.9 Å². The van der Waals surface area contributed by atoms with Crippen molar-refractivity contribution >= 4 is 23.8 Å². The Labute approximate surface area is 234 Å². The molecule has 0 bridgehead atoms. The number of esters is 2. The van der Waals surface area contributed by atoms with E-state index in [0.29, 0.717) is 19.3 Å². The van der Waals surface area contributed by atoms with Gasteiger partial charge < -0.3 is 25.2 Å². The molecule has 40 heavy (non-hydrogen) atoms. The van der Waals surface area contributed by atoms with E-state index in [1.807, 2.05) is 60.7 Å². The van der Waals surface area contributed by atoms with Gasteiger partial charge in [-0.25, -0.2) is 4.79 Å². The first kappa shape index (κ1) is 30.6. The lowest BCUT2D eigenvalue weighted by atomic mass is 9.94. The van der Waals surface area contributed by atoms with Crippen LogP contribution in [0.5, 0.6) is 0 Å². The van der Waals surface area contributed by atoms with E-state index in [0.717, 1.165) is 11.1 Å². The maximum atomic E-state index is 13.3. The quantitative estimate of drug-likeness (QED) is 0.323. The second-order valence-electron chi connectivity index (χ2n) is 10.0. The summed E-state index contributed by atoms with van der Waals surface area (Å²) in [7, 11) is 0. The fourth-order valence-corrected chi connectivity index (χ4v) is 4.33. The summed E-state index contributed by atoms with van der Waals surface area (Å²) >= 11 is 0. The average molecular weight is 551 g/mol. The van der Waals surface area contributed by atoms with Crippen molar-refractivity contribution in [3.63, 3.8) is 0 Å². The number of ether oxygens (including phenoxy) is 2. The highest BCUT2D eigenvalue weighted by molar-refractivity contribution is 5.89. The number of hydrogen-bond donors (Lipinski definition) is 3. The van der Waals surface area contributed by atoms with E-state index in [2.05, 4.69) is 10.6 Å². The minimum Gasteiger partial charge on any atom is -0.463 e. The van der Waals surface area contributed by atoms with Crippen LogP contribution >= 0.6 is 0 Å². The van der Waals surface area contributed by atoms with Gasteiger partial charge in [0.1, 0.15) is 13.2 Å². The van der Waals surface area contributed by atoms with Crippen LogP contribution in [0, 0.1) is 11.8 Å². The molecule has 0 radical (unpaired) electrons. The third-order valence-corrected chi connectivity index (χ3v) is 6.63. The Hall–Kier alpha value is -3.98. The molecule has 2 amide bonds. The molecule has 1 aliphatic rings. The topological polar surface area (TPSA) is 131 Å². The molecule has 2 aromatic rings. The standard InChI is InChI=1S/C31H38N2O7/c1-22(19-34)32-28(35)18-25-15-9-4-10-16-26(17-23-11-5-2-6-12-23)30(37)40-21-27(33-29(25)36)31(38)39-20-24-13-7-3-8-14-24/h2-9,11-14,22,25-27,34H,10,15-21H2,1H3,(H,32,35)(H,33,36)/t22-,25+,26+,27+/m0/s1. The zero-order valence-corrected chi connectivity index (χ0v) is 22.8.